The quantitative estimate of drug-likeness (QED) is 0.505. The van der Waals surface area contributed by atoms with Crippen LogP contribution in [0, 0.1) is 18.6 Å². The zero-order valence-corrected chi connectivity index (χ0v) is 12.6. The Morgan fingerprint density at radius 3 is 2.53 bits per heavy atom. The van der Waals surface area contributed by atoms with Gasteiger partial charge in [0.05, 0.1) is 9.85 Å². The van der Waals surface area contributed by atoms with Crippen LogP contribution in [0.1, 0.15) is 22.1 Å². The van der Waals surface area contributed by atoms with Gasteiger partial charge in [0, 0.05) is 5.56 Å². The lowest BCUT2D eigenvalue weighted by Gasteiger charge is -2.13. The Morgan fingerprint density at radius 1 is 1.16 bits per heavy atom. The Balaban J connectivity index is 2.28. The largest absolute Gasteiger partial charge is 0.207 e. The number of rotatable bonds is 3. The van der Waals surface area contributed by atoms with E-state index in [0.29, 0.717) is 6.42 Å². The van der Waals surface area contributed by atoms with Crippen molar-refractivity contribution in [1.29, 1.82) is 0 Å². The van der Waals surface area contributed by atoms with Crippen LogP contribution in [0.15, 0.2) is 40.9 Å². The van der Waals surface area contributed by atoms with Gasteiger partial charge in [-0.15, -0.1) is 11.6 Å². The number of aryl methyl sites for hydroxylation is 1. The topological polar surface area (TPSA) is 0 Å². The summed E-state index contributed by atoms with van der Waals surface area (Å²) in [5, 5.41) is -0.594. The maximum Gasteiger partial charge on any atom is 0.137 e. The molecule has 0 saturated heterocycles. The van der Waals surface area contributed by atoms with E-state index >= 15 is 0 Å². The molecule has 4 heteroatoms. The number of hydrogen-bond acceptors (Lipinski definition) is 0. The Labute approximate surface area is 124 Å². The second-order valence-electron chi connectivity index (χ2n) is 4.39. The van der Waals surface area contributed by atoms with Crippen molar-refractivity contribution in [2.75, 3.05) is 0 Å². The third kappa shape index (κ3) is 3.34. The van der Waals surface area contributed by atoms with Crippen LogP contribution in [0.3, 0.4) is 0 Å². The smallest absolute Gasteiger partial charge is 0.137 e. The van der Waals surface area contributed by atoms with Gasteiger partial charge >= 0.3 is 0 Å². The minimum absolute atomic E-state index is 0.105. The standard InChI is InChI=1S/C15H12BrClF2/c1-9-4-2-3-5-10(9)6-13(17)11-7-15(19)12(16)8-14(11)18/h2-5,7-8,13H,6H2,1H3. The number of alkyl halides is 1. The fraction of sp³-hybridized carbons (Fsp3) is 0.200. The summed E-state index contributed by atoms with van der Waals surface area (Å²) in [6, 6.07) is 10.0. The molecule has 2 aromatic carbocycles. The molecule has 0 N–H and O–H groups in total. The summed E-state index contributed by atoms with van der Waals surface area (Å²) in [4.78, 5) is 0. The van der Waals surface area contributed by atoms with Crippen molar-refractivity contribution in [2.45, 2.75) is 18.7 Å². The number of hydrogen-bond donors (Lipinski definition) is 0. The summed E-state index contributed by atoms with van der Waals surface area (Å²) in [5.41, 5.74) is 2.31. The van der Waals surface area contributed by atoms with E-state index in [1.807, 2.05) is 31.2 Å². The Kier molecular flexibility index (Phi) is 4.58. The maximum atomic E-state index is 13.8. The van der Waals surface area contributed by atoms with Gasteiger partial charge in [0.15, 0.2) is 0 Å². The van der Waals surface area contributed by atoms with Crippen molar-refractivity contribution in [3.05, 3.63) is 69.2 Å². The molecule has 0 aliphatic heterocycles. The van der Waals surface area contributed by atoms with Gasteiger partial charge in [-0.25, -0.2) is 8.78 Å². The molecule has 2 rings (SSSR count). The third-order valence-corrected chi connectivity index (χ3v) is 4.03. The molecule has 0 spiro atoms. The first kappa shape index (κ1) is 14.5. The highest BCUT2D eigenvalue weighted by Gasteiger charge is 2.17. The predicted molar refractivity (Wildman–Crippen MR) is 77.5 cm³/mol. The molecule has 0 radical (unpaired) electrons. The summed E-state index contributed by atoms with van der Waals surface area (Å²) < 4.78 is 27.4. The fourth-order valence-corrected chi connectivity index (χ4v) is 2.57. The van der Waals surface area contributed by atoms with Crippen molar-refractivity contribution < 1.29 is 8.78 Å². The van der Waals surface area contributed by atoms with E-state index in [1.54, 1.807) is 0 Å². The van der Waals surface area contributed by atoms with Crippen molar-refractivity contribution in [1.82, 2.24) is 0 Å². The Hall–Kier alpha value is -0.930. The molecule has 0 fully saturated rings. The van der Waals surface area contributed by atoms with Crippen molar-refractivity contribution >= 4 is 27.5 Å². The van der Waals surface area contributed by atoms with Crippen molar-refractivity contribution in [3.63, 3.8) is 0 Å². The van der Waals surface area contributed by atoms with Crippen molar-refractivity contribution in [2.24, 2.45) is 0 Å². The molecule has 0 bridgehead atoms. The van der Waals surface area contributed by atoms with E-state index in [9.17, 15) is 8.78 Å². The molecule has 19 heavy (non-hydrogen) atoms. The van der Waals surface area contributed by atoms with Gasteiger partial charge in [0.25, 0.3) is 0 Å². The van der Waals surface area contributed by atoms with Crippen LogP contribution in [0.25, 0.3) is 0 Å². The molecule has 2 aromatic rings. The zero-order valence-electron chi connectivity index (χ0n) is 10.3. The summed E-state index contributed by atoms with van der Waals surface area (Å²) in [6.07, 6.45) is 0.465. The van der Waals surface area contributed by atoms with Crippen LogP contribution >= 0.6 is 27.5 Å². The summed E-state index contributed by atoms with van der Waals surface area (Å²) in [5.74, 6) is -1.01. The van der Waals surface area contributed by atoms with Gasteiger partial charge < -0.3 is 0 Å². The molecule has 1 atom stereocenters. The van der Waals surface area contributed by atoms with E-state index in [4.69, 9.17) is 11.6 Å². The van der Waals surface area contributed by atoms with Gasteiger partial charge in [-0.1, -0.05) is 24.3 Å². The molecule has 1 unspecified atom stereocenters. The second-order valence-corrected chi connectivity index (χ2v) is 5.77. The molecule has 0 aromatic heterocycles. The average molecular weight is 346 g/mol. The van der Waals surface area contributed by atoms with E-state index in [1.165, 1.54) is 0 Å². The highest BCUT2D eigenvalue weighted by atomic mass is 79.9. The SMILES string of the molecule is Cc1ccccc1CC(Cl)c1cc(F)c(Br)cc1F. The number of benzene rings is 2. The van der Waals surface area contributed by atoms with Gasteiger partial charge in [0.1, 0.15) is 11.6 Å². The van der Waals surface area contributed by atoms with E-state index < -0.39 is 17.0 Å². The summed E-state index contributed by atoms with van der Waals surface area (Å²) in [7, 11) is 0. The lowest BCUT2D eigenvalue weighted by molar-refractivity contribution is 0.577. The number of halogens is 4. The summed E-state index contributed by atoms with van der Waals surface area (Å²) >= 11 is 9.17. The molecule has 0 aliphatic rings. The average Bonchev–Trinajstić information content (AvgIpc) is 2.36. The van der Waals surface area contributed by atoms with Gasteiger partial charge in [-0.05, 0) is 52.5 Å². The van der Waals surface area contributed by atoms with Crippen LogP contribution in [0.4, 0.5) is 8.78 Å². The molecule has 0 aliphatic carbocycles. The summed E-state index contributed by atoms with van der Waals surface area (Å²) in [6.45, 7) is 1.97. The van der Waals surface area contributed by atoms with Crippen molar-refractivity contribution in [3.8, 4) is 0 Å². The zero-order chi connectivity index (χ0) is 14.0. The Morgan fingerprint density at radius 2 is 1.84 bits per heavy atom. The van der Waals surface area contributed by atoms with Crippen LogP contribution in [0.2, 0.25) is 0 Å². The van der Waals surface area contributed by atoms with Crippen LogP contribution in [-0.4, -0.2) is 0 Å². The molecule has 0 nitrogen and oxygen atoms in total. The predicted octanol–water partition coefficient (Wildman–Crippen LogP) is 5.56. The van der Waals surface area contributed by atoms with Gasteiger partial charge in [-0.2, -0.15) is 0 Å². The Bertz CT molecular complexity index is 599. The van der Waals surface area contributed by atoms with E-state index in [-0.39, 0.29) is 10.0 Å². The molecular formula is C15H12BrClF2. The first-order valence-electron chi connectivity index (χ1n) is 5.82. The lowest BCUT2D eigenvalue weighted by atomic mass is 10.00. The molecule has 0 saturated carbocycles. The molecule has 0 heterocycles. The first-order chi connectivity index (χ1) is 8.99. The second kappa shape index (κ2) is 6.02. The first-order valence-corrected chi connectivity index (χ1v) is 7.05. The van der Waals surface area contributed by atoms with E-state index in [0.717, 1.165) is 23.3 Å². The molecule has 0 amide bonds. The van der Waals surface area contributed by atoms with E-state index in [2.05, 4.69) is 15.9 Å². The van der Waals surface area contributed by atoms with Gasteiger partial charge in [-0.3, -0.25) is 0 Å². The molecule has 100 valence electrons. The normalized spacial score (nSPS) is 12.5. The maximum absolute atomic E-state index is 13.8. The fourth-order valence-electron chi connectivity index (χ4n) is 1.92. The van der Waals surface area contributed by atoms with Crippen LogP contribution in [0.5, 0.6) is 0 Å². The minimum Gasteiger partial charge on any atom is -0.207 e. The van der Waals surface area contributed by atoms with Crippen LogP contribution < -0.4 is 0 Å². The monoisotopic (exact) mass is 344 g/mol. The highest BCUT2D eigenvalue weighted by molar-refractivity contribution is 9.10. The third-order valence-electron chi connectivity index (χ3n) is 3.04. The van der Waals surface area contributed by atoms with Crippen LogP contribution in [-0.2, 0) is 6.42 Å². The van der Waals surface area contributed by atoms with Gasteiger partial charge in [0.2, 0.25) is 0 Å². The molecular weight excluding hydrogens is 334 g/mol. The minimum atomic E-state index is -0.594. The highest BCUT2D eigenvalue weighted by Crippen LogP contribution is 2.31. The lowest BCUT2D eigenvalue weighted by Crippen LogP contribution is -2.02.